The molecule has 0 saturated heterocycles. The Morgan fingerprint density at radius 2 is 2.38 bits per heavy atom. The zero-order chi connectivity index (χ0) is 11.5. The molecule has 1 heterocycles. The largest absolute Gasteiger partial charge is 0.478 e. The van der Waals surface area contributed by atoms with Gasteiger partial charge >= 0.3 is 5.97 Å². The number of hydrogen-bond donors (Lipinski definition) is 2. The van der Waals surface area contributed by atoms with Crippen LogP contribution in [0.1, 0.15) is 35.3 Å². The van der Waals surface area contributed by atoms with Crippen LogP contribution in [0.3, 0.4) is 0 Å². The maximum atomic E-state index is 10.8. The lowest BCUT2D eigenvalue weighted by atomic mass is 9.85. The van der Waals surface area contributed by atoms with Crippen molar-refractivity contribution in [3.8, 4) is 0 Å². The number of anilines is 1. The van der Waals surface area contributed by atoms with Gasteiger partial charge in [-0.3, -0.25) is 0 Å². The highest BCUT2D eigenvalue weighted by Crippen LogP contribution is 2.26. The molecule has 5 nitrogen and oxygen atoms in total. The van der Waals surface area contributed by atoms with Crippen LogP contribution in [0.5, 0.6) is 0 Å². The molecule has 1 aliphatic carbocycles. The number of rotatable bonds is 4. The van der Waals surface area contributed by atoms with Crippen molar-refractivity contribution in [1.29, 1.82) is 0 Å². The maximum Gasteiger partial charge on any atom is 0.339 e. The van der Waals surface area contributed by atoms with E-state index in [1.807, 2.05) is 0 Å². The van der Waals surface area contributed by atoms with E-state index in [1.165, 1.54) is 25.5 Å². The van der Waals surface area contributed by atoms with Crippen LogP contribution in [0.25, 0.3) is 0 Å². The molecule has 0 unspecified atom stereocenters. The van der Waals surface area contributed by atoms with Gasteiger partial charge in [0.25, 0.3) is 0 Å². The summed E-state index contributed by atoms with van der Waals surface area (Å²) < 4.78 is 0. The van der Waals surface area contributed by atoms with Crippen molar-refractivity contribution in [3.05, 3.63) is 17.5 Å². The lowest BCUT2D eigenvalue weighted by Crippen LogP contribution is -2.22. The number of carboxylic acids is 1. The average molecular weight is 221 g/mol. The summed E-state index contributed by atoms with van der Waals surface area (Å²) in [5.41, 5.74) is 0.660. The number of carbonyl (C=O) groups is 1. The van der Waals surface area contributed by atoms with Crippen molar-refractivity contribution in [1.82, 2.24) is 9.97 Å². The highest BCUT2D eigenvalue weighted by atomic mass is 16.4. The number of aromatic nitrogens is 2. The lowest BCUT2D eigenvalue weighted by Gasteiger charge is -2.25. The van der Waals surface area contributed by atoms with Crippen LogP contribution in [0.4, 0.5) is 5.95 Å². The van der Waals surface area contributed by atoms with Gasteiger partial charge in [0.2, 0.25) is 5.95 Å². The normalized spacial score (nSPS) is 15.6. The predicted octanol–water partition coefficient (Wildman–Crippen LogP) is 1.70. The monoisotopic (exact) mass is 221 g/mol. The molecule has 0 radical (unpaired) electrons. The summed E-state index contributed by atoms with van der Waals surface area (Å²) in [5, 5.41) is 12.0. The smallest absolute Gasteiger partial charge is 0.339 e. The zero-order valence-corrected chi connectivity index (χ0v) is 9.23. The number of carboxylic acid groups (broad SMARTS) is 1. The first-order chi connectivity index (χ1) is 7.66. The van der Waals surface area contributed by atoms with Gasteiger partial charge < -0.3 is 10.4 Å². The standard InChI is InChI=1S/C11H15N3O2/c1-7-9(10(15)16)6-13-11(14-7)12-5-8-3-2-4-8/h6,8H,2-5H2,1H3,(H,15,16)(H,12,13,14). The third-order valence-corrected chi connectivity index (χ3v) is 2.98. The van der Waals surface area contributed by atoms with Crippen LogP contribution in [0.15, 0.2) is 6.20 Å². The van der Waals surface area contributed by atoms with Crippen LogP contribution in [0, 0.1) is 12.8 Å². The summed E-state index contributed by atoms with van der Waals surface area (Å²) in [5.74, 6) is 0.264. The molecular weight excluding hydrogens is 206 g/mol. The minimum Gasteiger partial charge on any atom is -0.478 e. The molecule has 2 rings (SSSR count). The first kappa shape index (κ1) is 10.9. The molecule has 5 heteroatoms. The van der Waals surface area contributed by atoms with Gasteiger partial charge in [0.1, 0.15) is 0 Å². The van der Waals surface area contributed by atoms with Crippen LogP contribution >= 0.6 is 0 Å². The fourth-order valence-electron chi connectivity index (χ4n) is 1.69. The summed E-state index contributed by atoms with van der Waals surface area (Å²) in [7, 11) is 0. The van der Waals surface area contributed by atoms with Crippen LogP contribution in [0.2, 0.25) is 0 Å². The van der Waals surface area contributed by atoms with Gasteiger partial charge in [0.15, 0.2) is 0 Å². The molecule has 1 aromatic rings. The number of nitrogens with zero attached hydrogens (tertiary/aromatic N) is 2. The highest BCUT2D eigenvalue weighted by Gasteiger charge is 2.17. The molecule has 86 valence electrons. The van der Waals surface area contributed by atoms with Crippen molar-refractivity contribution >= 4 is 11.9 Å². The summed E-state index contributed by atoms with van der Waals surface area (Å²) in [6, 6.07) is 0. The highest BCUT2D eigenvalue weighted by molar-refractivity contribution is 5.88. The van der Waals surface area contributed by atoms with Crippen molar-refractivity contribution < 1.29 is 9.90 Å². The van der Waals surface area contributed by atoms with E-state index in [2.05, 4.69) is 15.3 Å². The number of aromatic carboxylic acids is 1. The average Bonchev–Trinajstić information content (AvgIpc) is 2.14. The van der Waals surface area contributed by atoms with E-state index in [9.17, 15) is 4.79 Å². The van der Waals surface area contributed by atoms with Crippen molar-refractivity contribution in [2.24, 2.45) is 5.92 Å². The summed E-state index contributed by atoms with van der Waals surface area (Å²) in [6.45, 7) is 2.56. The Bertz CT molecular complexity index is 402. The number of nitrogens with one attached hydrogen (secondary N) is 1. The fraction of sp³-hybridized carbons (Fsp3) is 0.545. The van der Waals surface area contributed by atoms with E-state index in [0.717, 1.165) is 12.5 Å². The second-order valence-corrected chi connectivity index (χ2v) is 4.18. The summed E-state index contributed by atoms with van der Waals surface area (Å²) >= 11 is 0. The molecule has 0 amide bonds. The zero-order valence-electron chi connectivity index (χ0n) is 9.23. The molecule has 2 N–H and O–H groups in total. The molecule has 1 fully saturated rings. The van der Waals surface area contributed by atoms with Crippen LogP contribution < -0.4 is 5.32 Å². The number of hydrogen-bond acceptors (Lipinski definition) is 4. The van der Waals surface area contributed by atoms with Crippen molar-refractivity contribution in [2.75, 3.05) is 11.9 Å². The molecule has 0 bridgehead atoms. The Morgan fingerprint density at radius 3 is 2.88 bits per heavy atom. The molecule has 0 atom stereocenters. The SMILES string of the molecule is Cc1nc(NCC2CCC2)ncc1C(=O)O. The Morgan fingerprint density at radius 1 is 1.62 bits per heavy atom. The summed E-state index contributed by atoms with van der Waals surface area (Å²) in [6.07, 6.45) is 5.19. The van der Waals surface area contributed by atoms with Gasteiger partial charge in [-0.15, -0.1) is 0 Å². The topological polar surface area (TPSA) is 75.1 Å². The van der Waals surface area contributed by atoms with Gasteiger partial charge in [-0.25, -0.2) is 14.8 Å². The number of aryl methyl sites for hydroxylation is 1. The van der Waals surface area contributed by atoms with E-state index in [-0.39, 0.29) is 5.56 Å². The Labute approximate surface area is 93.9 Å². The Hall–Kier alpha value is -1.65. The quantitative estimate of drug-likeness (QED) is 0.809. The molecule has 1 aromatic heterocycles. The second-order valence-electron chi connectivity index (χ2n) is 4.18. The molecule has 16 heavy (non-hydrogen) atoms. The van der Waals surface area contributed by atoms with E-state index >= 15 is 0 Å². The maximum absolute atomic E-state index is 10.8. The van der Waals surface area contributed by atoms with Gasteiger partial charge in [-0.05, 0) is 25.7 Å². The molecular formula is C11H15N3O2. The fourth-order valence-corrected chi connectivity index (χ4v) is 1.69. The van der Waals surface area contributed by atoms with Crippen molar-refractivity contribution in [3.63, 3.8) is 0 Å². The van der Waals surface area contributed by atoms with Gasteiger partial charge in [-0.2, -0.15) is 0 Å². The van der Waals surface area contributed by atoms with E-state index < -0.39 is 5.97 Å². The molecule has 1 aliphatic rings. The Kier molecular flexibility index (Phi) is 3.03. The van der Waals surface area contributed by atoms with Crippen LogP contribution in [-0.2, 0) is 0 Å². The minimum atomic E-state index is -0.983. The molecule has 0 spiro atoms. The second kappa shape index (κ2) is 4.47. The van der Waals surface area contributed by atoms with Gasteiger partial charge in [-0.1, -0.05) is 6.42 Å². The van der Waals surface area contributed by atoms with E-state index in [0.29, 0.717) is 11.6 Å². The van der Waals surface area contributed by atoms with Crippen LogP contribution in [-0.4, -0.2) is 27.6 Å². The van der Waals surface area contributed by atoms with Gasteiger partial charge in [0, 0.05) is 12.7 Å². The van der Waals surface area contributed by atoms with E-state index in [4.69, 9.17) is 5.11 Å². The third kappa shape index (κ3) is 2.29. The predicted molar refractivity (Wildman–Crippen MR) is 59.6 cm³/mol. The summed E-state index contributed by atoms with van der Waals surface area (Å²) in [4.78, 5) is 18.9. The Balaban J connectivity index is 1.99. The van der Waals surface area contributed by atoms with E-state index in [1.54, 1.807) is 6.92 Å². The molecule has 0 aliphatic heterocycles. The van der Waals surface area contributed by atoms with Gasteiger partial charge in [0.05, 0.1) is 11.3 Å². The third-order valence-electron chi connectivity index (χ3n) is 2.98. The molecule has 1 saturated carbocycles. The first-order valence-electron chi connectivity index (χ1n) is 5.47. The minimum absolute atomic E-state index is 0.161. The lowest BCUT2D eigenvalue weighted by molar-refractivity contribution is 0.0695. The first-order valence-corrected chi connectivity index (χ1v) is 5.47. The molecule has 0 aromatic carbocycles. The van der Waals surface area contributed by atoms with Crippen molar-refractivity contribution in [2.45, 2.75) is 26.2 Å².